The van der Waals surface area contributed by atoms with E-state index in [1.165, 1.54) is 24.7 Å². The van der Waals surface area contributed by atoms with E-state index >= 15 is 0 Å². The third kappa shape index (κ3) is 2.88. The summed E-state index contributed by atoms with van der Waals surface area (Å²) in [5.41, 5.74) is -0.964. The Labute approximate surface area is 116 Å². The Morgan fingerprint density at radius 1 is 1.40 bits per heavy atom. The SMILES string of the molecule is CC(=O)c1cn(CC2CN(C)CCO2)c(=O)n(C)c1=O. The van der Waals surface area contributed by atoms with Crippen LogP contribution in [-0.4, -0.2) is 52.7 Å². The number of morpholine rings is 1. The average Bonchev–Trinajstić information content (AvgIpc) is 2.39. The fourth-order valence-electron chi connectivity index (χ4n) is 2.30. The van der Waals surface area contributed by atoms with Gasteiger partial charge in [-0.05, 0) is 14.0 Å². The molecule has 7 nitrogen and oxygen atoms in total. The number of Topliss-reactive ketones (excluding diaryl/α,β-unsaturated/α-hetero) is 1. The maximum absolute atomic E-state index is 12.1. The van der Waals surface area contributed by atoms with E-state index in [2.05, 4.69) is 4.90 Å². The molecule has 0 N–H and O–H groups in total. The quantitative estimate of drug-likeness (QED) is 0.670. The van der Waals surface area contributed by atoms with Crippen LogP contribution >= 0.6 is 0 Å². The van der Waals surface area contributed by atoms with Crippen LogP contribution < -0.4 is 11.2 Å². The lowest BCUT2D eigenvalue weighted by Crippen LogP contribution is -2.46. The first-order chi connectivity index (χ1) is 9.40. The first-order valence-electron chi connectivity index (χ1n) is 6.51. The molecule has 1 aliphatic heterocycles. The molecule has 0 saturated carbocycles. The lowest BCUT2D eigenvalue weighted by Gasteiger charge is -2.30. The second-order valence-corrected chi connectivity index (χ2v) is 5.15. The summed E-state index contributed by atoms with van der Waals surface area (Å²) in [6.07, 6.45) is 1.22. The van der Waals surface area contributed by atoms with Crippen molar-refractivity contribution in [3.8, 4) is 0 Å². The van der Waals surface area contributed by atoms with Gasteiger partial charge in [-0.1, -0.05) is 0 Å². The van der Waals surface area contributed by atoms with E-state index in [4.69, 9.17) is 4.74 Å². The normalized spacial score (nSPS) is 20.1. The summed E-state index contributed by atoms with van der Waals surface area (Å²) in [4.78, 5) is 37.5. The summed E-state index contributed by atoms with van der Waals surface area (Å²) >= 11 is 0. The molecule has 1 aromatic rings. The molecule has 20 heavy (non-hydrogen) atoms. The second kappa shape index (κ2) is 5.72. The van der Waals surface area contributed by atoms with Crippen LogP contribution in [0.5, 0.6) is 0 Å². The largest absolute Gasteiger partial charge is 0.374 e. The first kappa shape index (κ1) is 14.7. The molecule has 0 amide bonds. The number of carbonyl (C=O) groups is 1. The van der Waals surface area contributed by atoms with Crippen LogP contribution in [0.2, 0.25) is 0 Å². The maximum atomic E-state index is 12.1. The standard InChI is InChI=1S/C13H19N3O4/c1-9(17)11-8-16(13(19)15(3)12(11)18)7-10-6-14(2)4-5-20-10/h8,10H,4-7H2,1-3H3. The molecule has 1 fully saturated rings. The minimum absolute atomic E-state index is 0.0243. The van der Waals surface area contributed by atoms with Gasteiger partial charge in [-0.15, -0.1) is 0 Å². The Morgan fingerprint density at radius 3 is 2.70 bits per heavy atom. The summed E-state index contributed by atoms with van der Waals surface area (Å²) < 4.78 is 7.94. The van der Waals surface area contributed by atoms with Crippen molar-refractivity contribution < 1.29 is 9.53 Å². The molecule has 1 atom stereocenters. The van der Waals surface area contributed by atoms with Crippen LogP contribution in [0.25, 0.3) is 0 Å². The highest BCUT2D eigenvalue weighted by Gasteiger charge is 2.20. The molecular formula is C13H19N3O4. The van der Waals surface area contributed by atoms with Crippen LogP contribution in [0.1, 0.15) is 17.3 Å². The first-order valence-corrected chi connectivity index (χ1v) is 6.51. The molecule has 0 radical (unpaired) electrons. The highest BCUT2D eigenvalue weighted by atomic mass is 16.5. The van der Waals surface area contributed by atoms with E-state index in [-0.39, 0.29) is 17.5 Å². The van der Waals surface area contributed by atoms with E-state index in [0.29, 0.717) is 19.7 Å². The molecule has 7 heteroatoms. The number of rotatable bonds is 3. The van der Waals surface area contributed by atoms with Crippen molar-refractivity contribution in [2.24, 2.45) is 7.05 Å². The van der Waals surface area contributed by atoms with Crippen molar-refractivity contribution in [1.82, 2.24) is 14.0 Å². The van der Waals surface area contributed by atoms with Gasteiger partial charge in [-0.3, -0.25) is 18.7 Å². The molecule has 0 spiro atoms. The molecule has 2 rings (SSSR count). The summed E-state index contributed by atoms with van der Waals surface area (Å²) in [6.45, 7) is 3.83. The average molecular weight is 281 g/mol. The molecule has 1 aromatic heterocycles. The monoisotopic (exact) mass is 281 g/mol. The Balaban J connectivity index is 2.34. The molecule has 110 valence electrons. The van der Waals surface area contributed by atoms with Gasteiger partial charge in [0.05, 0.1) is 24.8 Å². The van der Waals surface area contributed by atoms with E-state index in [1.54, 1.807) is 0 Å². The van der Waals surface area contributed by atoms with Crippen molar-refractivity contribution in [3.05, 3.63) is 32.6 Å². The van der Waals surface area contributed by atoms with Gasteiger partial charge < -0.3 is 9.64 Å². The molecule has 0 bridgehead atoms. The van der Waals surface area contributed by atoms with Crippen LogP contribution in [0, 0.1) is 0 Å². The smallest absolute Gasteiger partial charge is 0.330 e. The predicted octanol–water partition coefficient (Wildman–Crippen LogP) is -0.920. The fraction of sp³-hybridized carbons (Fsp3) is 0.615. The molecule has 0 aromatic carbocycles. The summed E-state index contributed by atoms with van der Waals surface area (Å²) in [5.74, 6) is -0.346. The number of carbonyl (C=O) groups excluding carboxylic acids is 1. The van der Waals surface area contributed by atoms with Gasteiger partial charge in [-0.25, -0.2) is 4.79 Å². The lowest BCUT2D eigenvalue weighted by molar-refractivity contribution is -0.0282. The van der Waals surface area contributed by atoms with Crippen molar-refractivity contribution in [3.63, 3.8) is 0 Å². The summed E-state index contributed by atoms with van der Waals surface area (Å²) in [6, 6.07) is 0. The number of hydrogen-bond acceptors (Lipinski definition) is 5. The van der Waals surface area contributed by atoms with Crippen LogP contribution in [0.4, 0.5) is 0 Å². The Kier molecular flexibility index (Phi) is 4.20. The molecule has 1 saturated heterocycles. The highest BCUT2D eigenvalue weighted by Crippen LogP contribution is 2.05. The van der Waals surface area contributed by atoms with Gasteiger partial charge in [0.1, 0.15) is 0 Å². The van der Waals surface area contributed by atoms with Crippen molar-refractivity contribution in [2.45, 2.75) is 19.6 Å². The maximum Gasteiger partial charge on any atom is 0.330 e. The van der Waals surface area contributed by atoms with Gasteiger partial charge in [-0.2, -0.15) is 0 Å². The third-order valence-corrected chi connectivity index (χ3v) is 3.47. The van der Waals surface area contributed by atoms with Crippen molar-refractivity contribution in [1.29, 1.82) is 0 Å². The van der Waals surface area contributed by atoms with Gasteiger partial charge >= 0.3 is 5.69 Å². The topological polar surface area (TPSA) is 73.5 Å². The molecular weight excluding hydrogens is 262 g/mol. The Morgan fingerprint density at radius 2 is 2.10 bits per heavy atom. The number of likely N-dealkylation sites (N-methyl/N-ethyl adjacent to an activating group) is 1. The molecule has 1 aliphatic rings. The summed E-state index contributed by atoms with van der Waals surface area (Å²) in [5, 5.41) is 0. The Bertz CT molecular complexity index is 631. The van der Waals surface area contributed by atoms with Gasteiger partial charge in [0.2, 0.25) is 0 Å². The van der Waals surface area contributed by atoms with Crippen LogP contribution in [0.15, 0.2) is 15.8 Å². The molecule has 1 unspecified atom stereocenters. The molecule has 0 aliphatic carbocycles. The minimum atomic E-state index is -0.555. The van der Waals surface area contributed by atoms with Gasteiger partial charge in [0.25, 0.3) is 5.56 Å². The van der Waals surface area contributed by atoms with Crippen molar-refractivity contribution in [2.75, 3.05) is 26.7 Å². The minimum Gasteiger partial charge on any atom is -0.374 e. The number of nitrogens with zero attached hydrogens (tertiary/aromatic N) is 3. The van der Waals surface area contributed by atoms with Crippen LogP contribution in [0.3, 0.4) is 0 Å². The zero-order chi connectivity index (χ0) is 14.9. The zero-order valence-corrected chi connectivity index (χ0v) is 12.0. The number of ketones is 1. The second-order valence-electron chi connectivity index (χ2n) is 5.15. The third-order valence-electron chi connectivity index (χ3n) is 3.47. The number of aromatic nitrogens is 2. The predicted molar refractivity (Wildman–Crippen MR) is 73.2 cm³/mol. The zero-order valence-electron chi connectivity index (χ0n) is 12.0. The summed E-state index contributed by atoms with van der Waals surface area (Å²) in [7, 11) is 3.36. The highest BCUT2D eigenvalue weighted by molar-refractivity contribution is 5.93. The molecule has 2 heterocycles. The van der Waals surface area contributed by atoms with E-state index in [1.807, 2.05) is 7.05 Å². The van der Waals surface area contributed by atoms with Gasteiger partial charge in [0, 0.05) is 26.3 Å². The Hall–Kier alpha value is -1.73. The number of hydrogen-bond donors (Lipinski definition) is 0. The van der Waals surface area contributed by atoms with Crippen LogP contribution in [-0.2, 0) is 18.3 Å². The van der Waals surface area contributed by atoms with Gasteiger partial charge in [0.15, 0.2) is 5.78 Å². The van der Waals surface area contributed by atoms with E-state index in [0.717, 1.165) is 11.1 Å². The lowest BCUT2D eigenvalue weighted by atomic mass is 10.2. The fourth-order valence-corrected chi connectivity index (χ4v) is 2.30. The van der Waals surface area contributed by atoms with Crippen molar-refractivity contribution >= 4 is 5.78 Å². The van der Waals surface area contributed by atoms with E-state index in [9.17, 15) is 14.4 Å². The van der Waals surface area contributed by atoms with E-state index < -0.39 is 11.2 Å². The number of ether oxygens (including phenoxy) is 1.